The maximum atomic E-state index is 11.8. The van der Waals surface area contributed by atoms with Gasteiger partial charge in [0.2, 0.25) is 0 Å². The van der Waals surface area contributed by atoms with Crippen LogP contribution in [0, 0.1) is 0 Å². The third-order valence-electron chi connectivity index (χ3n) is 2.87. The highest BCUT2D eigenvalue weighted by molar-refractivity contribution is 7.92. The van der Waals surface area contributed by atoms with Crippen molar-refractivity contribution >= 4 is 15.5 Å². The van der Waals surface area contributed by atoms with Crippen LogP contribution in [-0.4, -0.2) is 32.5 Å². The monoisotopic (exact) mass is 255 g/mol. The van der Waals surface area contributed by atoms with Crippen molar-refractivity contribution in [1.82, 2.24) is 0 Å². The number of sulfone groups is 1. The first-order valence-corrected chi connectivity index (χ1v) is 7.70. The van der Waals surface area contributed by atoms with E-state index in [1.165, 1.54) is 0 Å². The van der Waals surface area contributed by atoms with Crippen LogP contribution in [0.2, 0.25) is 0 Å². The topological polar surface area (TPSA) is 37.4 Å². The minimum Gasteiger partial charge on any atom is -0.371 e. The Hall–Kier alpha value is -1.03. The van der Waals surface area contributed by atoms with E-state index in [-0.39, 0.29) is 11.0 Å². The van der Waals surface area contributed by atoms with Gasteiger partial charge < -0.3 is 4.90 Å². The second-order valence-electron chi connectivity index (χ2n) is 4.33. The molecule has 0 aliphatic rings. The van der Waals surface area contributed by atoms with Crippen LogP contribution < -0.4 is 4.90 Å². The average molecular weight is 255 g/mol. The number of hydrogen-bond donors (Lipinski definition) is 0. The molecule has 3 nitrogen and oxygen atoms in total. The van der Waals surface area contributed by atoms with Crippen LogP contribution in [0.15, 0.2) is 30.3 Å². The van der Waals surface area contributed by atoms with E-state index in [1.807, 2.05) is 37.3 Å². The number of hydrogen-bond acceptors (Lipinski definition) is 3. The van der Waals surface area contributed by atoms with E-state index in [0.717, 1.165) is 12.2 Å². The molecule has 0 aliphatic heterocycles. The number of nitrogens with zero attached hydrogens (tertiary/aromatic N) is 1. The molecule has 0 radical (unpaired) electrons. The van der Waals surface area contributed by atoms with Crippen molar-refractivity contribution in [2.24, 2.45) is 0 Å². The van der Waals surface area contributed by atoms with Gasteiger partial charge in [-0.15, -0.1) is 0 Å². The first-order valence-electron chi connectivity index (χ1n) is 5.99. The fourth-order valence-electron chi connectivity index (χ4n) is 1.58. The molecular formula is C13H21NO2S. The molecule has 0 unspecified atom stereocenters. The molecule has 1 aromatic rings. The van der Waals surface area contributed by atoms with Gasteiger partial charge in [-0.05, 0) is 32.9 Å². The fourth-order valence-corrected chi connectivity index (χ4v) is 2.53. The van der Waals surface area contributed by atoms with Gasteiger partial charge in [0, 0.05) is 18.8 Å². The Morgan fingerprint density at radius 2 is 1.76 bits per heavy atom. The Balaban J connectivity index is 2.67. The first-order chi connectivity index (χ1) is 7.97. The summed E-state index contributed by atoms with van der Waals surface area (Å²) in [7, 11) is -2.95. The minimum absolute atomic E-state index is 0.216. The molecule has 4 heteroatoms. The van der Waals surface area contributed by atoms with Crippen molar-refractivity contribution in [1.29, 1.82) is 0 Å². The highest BCUT2D eigenvalue weighted by Gasteiger charge is 2.17. The van der Waals surface area contributed by atoms with Gasteiger partial charge in [-0.2, -0.15) is 0 Å². The lowest BCUT2D eigenvalue weighted by molar-refractivity contribution is 0.586. The number of rotatable bonds is 6. The summed E-state index contributed by atoms with van der Waals surface area (Å²) >= 11 is 0. The van der Waals surface area contributed by atoms with Gasteiger partial charge in [0.05, 0.1) is 11.0 Å². The Morgan fingerprint density at radius 1 is 1.18 bits per heavy atom. The maximum Gasteiger partial charge on any atom is 0.154 e. The third kappa shape index (κ3) is 4.04. The summed E-state index contributed by atoms with van der Waals surface area (Å²) in [6, 6.07) is 9.91. The van der Waals surface area contributed by atoms with Gasteiger partial charge in [-0.3, -0.25) is 0 Å². The van der Waals surface area contributed by atoms with E-state index in [2.05, 4.69) is 4.90 Å². The second kappa shape index (κ2) is 6.05. The molecule has 0 aromatic heterocycles. The predicted molar refractivity (Wildman–Crippen MR) is 73.3 cm³/mol. The van der Waals surface area contributed by atoms with E-state index in [0.29, 0.717) is 6.54 Å². The largest absolute Gasteiger partial charge is 0.371 e. The SMILES string of the molecule is CCN(CCS(=O)(=O)C(C)C)c1ccccc1. The Morgan fingerprint density at radius 3 is 2.24 bits per heavy atom. The van der Waals surface area contributed by atoms with Crippen molar-refractivity contribution in [2.45, 2.75) is 26.0 Å². The molecule has 0 atom stereocenters. The van der Waals surface area contributed by atoms with Crippen LogP contribution in [0.1, 0.15) is 20.8 Å². The van der Waals surface area contributed by atoms with Crippen LogP contribution in [0.25, 0.3) is 0 Å². The zero-order chi connectivity index (χ0) is 12.9. The van der Waals surface area contributed by atoms with Gasteiger partial charge in [0.1, 0.15) is 0 Å². The van der Waals surface area contributed by atoms with Crippen molar-refractivity contribution in [3.63, 3.8) is 0 Å². The molecule has 96 valence electrons. The van der Waals surface area contributed by atoms with Gasteiger partial charge in [-0.25, -0.2) is 8.42 Å². The lowest BCUT2D eigenvalue weighted by Gasteiger charge is -2.23. The smallest absolute Gasteiger partial charge is 0.154 e. The van der Waals surface area contributed by atoms with Crippen LogP contribution in [-0.2, 0) is 9.84 Å². The Bertz CT molecular complexity index is 426. The van der Waals surface area contributed by atoms with E-state index < -0.39 is 9.84 Å². The summed E-state index contributed by atoms with van der Waals surface area (Å²) in [5.41, 5.74) is 1.08. The molecule has 0 amide bonds. The molecule has 0 N–H and O–H groups in total. The molecule has 0 aliphatic carbocycles. The highest BCUT2D eigenvalue weighted by atomic mass is 32.2. The van der Waals surface area contributed by atoms with Crippen molar-refractivity contribution in [3.05, 3.63) is 30.3 Å². The molecule has 0 saturated heterocycles. The molecule has 0 heterocycles. The molecule has 0 saturated carbocycles. The molecule has 0 spiro atoms. The molecule has 17 heavy (non-hydrogen) atoms. The van der Waals surface area contributed by atoms with Crippen molar-refractivity contribution in [2.75, 3.05) is 23.7 Å². The minimum atomic E-state index is -2.95. The number of anilines is 1. The standard InChI is InChI=1S/C13H21NO2S/c1-4-14(13-8-6-5-7-9-13)10-11-17(15,16)12(2)3/h5-9,12H,4,10-11H2,1-3H3. The summed E-state index contributed by atoms with van der Waals surface area (Å²) in [6.07, 6.45) is 0. The van der Waals surface area contributed by atoms with E-state index in [4.69, 9.17) is 0 Å². The van der Waals surface area contributed by atoms with Gasteiger partial charge in [0.25, 0.3) is 0 Å². The van der Waals surface area contributed by atoms with Crippen molar-refractivity contribution in [3.8, 4) is 0 Å². The first kappa shape index (κ1) is 14.0. The molecule has 0 fully saturated rings. The highest BCUT2D eigenvalue weighted by Crippen LogP contribution is 2.13. The summed E-state index contributed by atoms with van der Waals surface area (Å²) in [5, 5.41) is -0.294. The van der Waals surface area contributed by atoms with E-state index >= 15 is 0 Å². The Labute approximate surface area is 104 Å². The van der Waals surface area contributed by atoms with E-state index in [1.54, 1.807) is 13.8 Å². The van der Waals surface area contributed by atoms with Crippen LogP contribution in [0.5, 0.6) is 0 Å². The third-order valence-corrected chi connectivity index (χ3v) is 5.06. The fraction of sp³-hybridized carbons (Fsp3) is 0.538. The Kier molecular flexibility index (Phi) is 5.00. The van der Waals surface area contributed by atoms with Crippen LogP contribution in [0.4, 0.5) is 5.69 Å². The lowest BCUT2D eigenvalue weighted by Crippen LogP contribution is -2.31. The average Bonchev–Trinajstić information content (AvgIpc) is 2.31. The predicted octanol–water partition coefficient (Wildman–Crippen LogP) is 2.34. The number of para-hydroxylation sites is 1. The second-order valence-corrected chi connectivity index (χ2v) is 7.01. The maximum absolute atomic E-state index is 11.8. The quantitative estimate of drug-likeness (QED) is 0.783. The normalized spacial score (nSPS) is 11.8. The zero-order valence-electron chi connectivity index (χ0n) is 10.8. The number of benzene rings is 1. The summed E-state index contributed by atoms with van der Waals surface area (Å²) in [4.78, 5) is 2.08. The van der Waals surface area contributed by atoms with Gasteiger partial charge in [0.15, 0.2) is 9.84 Å². The van der Waals surface area contributed by atoms with Crippen LogP contribution in [0.3, 0.4) is 0 Å². The van der Waals surface area contributed by atoms with Crippen molar-refractivity contribution < 1.29 is 8.42 Å². The summed E-state index contributed by atoms with van der Waals surface area (Å²) < 4.78 is 23.5. The zero-order valence-corrected chi connectivity index (χ0v) is 11.6. The molecular weight excluding hydrogens is 234 g/mol. The molecule has 1 rings (SSSR count). The van der Waals surface area contributed by atoms with Gasteiger partial charge in [-0.1, -0.05) is 18.2 Å². The summed E-state index contributed by atoms with van der Waals surface area (Å²) in [6.45, 7) is 6.87. The molecule has 1 aromatic carbocycles. The molecule has 0 bridgehead atoms. The van der Waals surface area contributed by atoms with Crippen LogP contribution >= 0.6 is 0 Å². The van der Waals surface area contributed by atoms with E-state index in [9.17, 15) is 8.42 Å². The lowest BCUT2D eigenvalue weighted by atomic mass is 10.3. The summed E-state index contributed by atoms with van der Waals surface area (Å²) in [5.74, 6) is 0.216. The van der Waals surface area contributed by atoms with Gasteiger partial charge >= 0.3 is 0 Å².